The van der Waals surface area contributed by atoms with E-state index in [0.717, 1.165) is 18.0 Å². The third-order valence-corrected chi connectivity index (χ3v) is 3.92. The summed E-state index contributed by atoms with van der Waals surface area (Å²) in [5.41, 5.74) is -1.21. The first-order chi connectivity index (χ1) is 10.1. The molecule has 2 heterocycles. The lowest BCUT2D eigenvalue weighted by atomic mass is 9.70. The Morgan fingerprint density at radius 3 is 2.27 bits per heavy atom. The summed E-state index contributed by atoms with van der Waals surface area (Å²) < 4.78 is 10.1. The number of hydrogen-bond donors (Lipinski definition) is 2. The highest BCUT2D eigenvalue weighted by atomic mass is 16.6. The molecule has 0 saturated carbocycles. The molecular weight excluding hydrogens is 292 g/mol. The fourth-order valence-corrected chi connectivity index (χ4v) is 2.87. The van der Waals surface area contributed by atoms with Crippen LogP contribution in [0.3, 0.4) is 0 Å². The first-order valence-corrected chi connectivity index (χ1v) is 7.29. The van der Waals surface area contributed by atoms with Gasteiger partial charge >= 0.3 is 18.0 Å². The molecule has 0 radical (unpaired) electrons. The molecule has 0 bridgehead atoms. The van der Waals surface area contributed by atoms with Crippen LogP contribution >= 0.6 is 0 Å². The summed E-state index contributed by atoms with van der Waals surface area (Å²) in [5, 5.41) is 12.3. The second-order valence-corrected chi connectivity index (χ2v) is 6.78. The highest BCUT2D eigenvalue weighted by molar-refractivity contribution is 6.29. The van der Waals surface area contributed by atoms with E-state index in [4.69, 9.17) is 14.6 Å². The molecule has 0 aromatic rings. The summed E-state index contributed by atoms with van der Waals surface area (Å²) in [5.74, 6) is -2.25. The van der Waals surface area contributed by atoms with Crippen LogP contribution in [0.1, 0.15) is 33.6 Å². The van der Waals surface area contributed by atoms with Crippen LogP contribution in [0.5, 0.6) is 0 Å². The summed E-state index contributed by atoms with van der Waals surface area (Å²) in [7, 11) is 0. The van der Waals surface area contributed by atoms with Crippen LogP contribution < -0.4 is 5.32 Å². The van der Waals surface area contributed by atoms with Gasteiger partial charge in [-0.1, -0.05) is 0 Å². The molecular formula is C14H22N2O6. The summed E-state index contributed by atoms with van der Waals surface area (Å²) in [6.07, 6.45) is -0.690. The Bertz CT molecular complexity index is 478. The highest BCUT2D eigenvalue weighted by Gasteiger charge is 2.57. The Kier molecular flexibility index (Phi) is 4.32. The standard InChI is InChI=1S/C14H22N2O6/c1-13(2,3)22-10(18)9(17)21-11-14(4-6-15-7-5-14)8-16(11)12(19)20/h11,15H,4-8H2,1-3H3,(H,19,20). The Morgan fingerprint density at radius 2 is 1.77 bits per heavy atom. The maximum absolute atomic E-state index is 11.9. The minimum Gasteiger partial charge on any atom is -0.465 e. The van der Waals surface area contributed by atoms with Gasteiger partial charge in [0.15, 0.2) is 6.23 Å². The van der Waals surface area contributed by atoms with Crippen LogP contribution in [0.4, 0.5) is 4.79 Å². The maximum atomic E-state index is 11.9. The molecule has 1 atom stereocenters. The number of carbonyl (C=O) groups excluding carboxylic acids is 2. The van der Waals surface area contributed by atoms with E-state index in [1.807, 2.05) is 0 Å². The number of rotatable bonds is 1. The van der Waals surface area contributed by atoms with Crippen LogP contribution in [0.2, 0.25) is 0 Å². The van der Waals surface area contributed by atoms with Crippen molar-refractivity contribution in [3.05, 3.63) is 0 Å². The van der Waals surface area contributed by atoms with Crippen molar-refractivity contribution < 1.29 is 29.0 Å². The molecule has 2 fully saturated rings. The minimum absolute atomic E-state index is 0.316. The van der Waals surface area contributed by atoms with Crippen LogP contribution in [0.25, 0.3) is 0 Å². The molecule has 2 aliphatic rings. The van der Waals surface area contributed by atoms with Gasteiger partial charge in [0.05, 0.1) is 0 Å². The number of esters is 2. The lowest BCUT2D eigenvalue weighted by Gasteiger charge is -2.56. The average molecular weight is 314 g/mol. The van der Waals surface area contributed by atoms with E-state index in [2.05, 4.69) is 5.32 Å². The van der Waals surface area contributed by atoms with Crippen LogP contribution in [0, 0.1) is 5.41 Å². The predicted octanol–water partition coefficient (Wildman–Crippen LogP) is 0.561. The molecule has 2 N–H and O–H groups in total. The van der Waals surface area contributed by atoms with Gasteiger partial charge in [-0.05, 0) is 46.7 Å². The van der Waals surface area contributed by atoms with Crippen molar-refractivity contribution >= 4 is 18.0 Å². The second kappa shape index (κ2) is 5.75. The Balaban J connectivity index is 2.04. The summed E-state index contributed by atoms with van der Waals surface area (Å²) in [4.78, 5) is 35.8. The van der Waals surface area contributed by atoms with Crippen molar-refractivity contribution in [1.82, 2.24) is 10.2 Å². The predicted molar refractivity (Wildman–Crippen MR) is 75.0 cm³/mol. The largest absolute Gasteiger partial charge is 0.465 e. The molecule has 2 saturated heterocycles. The van der Waals surface area contributed by atoms with Gasteiger partial charge in [-0.15, -0.1) is 0 Å². The van der Waals surface area contributed by atoms with E-state index < -0.39 is 35.3 Å². The SMILES string of the molecule is CC(C)(C)OC(=O)C(=O)OC1N(C(=O)O)CC12CCNCC2. The number of nitrogens with one attached hydrogen (secondary N) is 1. The van der Waals surface area contributed by atoms with E-state index in [9.17, 15) is 14.4 Å². The molecule has 0 aliphatic carbocycles. The molecule has 8 nitrogen and oxygen atoms in total. The lowest BCUT2D eigenvalue weighted by Crippen LogP contribution is -2.69. The van der Waals surface area contributed by atoms with Crippen molar-refractivity contribution in [2.75, 3.05) is 19.6 Å². The Morgan fingerprint density at radius 1 is 1.18 bits per heavy atom. The zero-order valence-electron chi connectivity index (χ0n) is 13.0. The fraction of sp³-hybridized carbons (Fsp3) is 0.786. The molecule has 1 amide bonds. The zero-order chi connectivity index (χ0) is 16.5. The average Bonchev–Trinajstić information content (AvgIpc) is 2.41. The number of piperidine rings is 1. The Labute approximate surface area is 128 Å². The third-order valence-electron chi connectivity index (χ3n) is 3.92. The summed E-state index contributed by atoms with van der Waals surface area (Å²) >= 11 is 0. The second-order valence-electron chi connectivity index (χ2n) is 6.78. The molecule has 8 heteroatoms. The maximum Gasteiger partial charge on any atom is 0.419 e. The van der Waals surface area contributed by atoms with E-state index in [1.165, 1.54) is 0 Å². The quantitative estimate of drug-likeness (QED) is 0.538. The van der Waals surface area contributed by atoms with E-state index >= 15 is 0 Å². The topological polar surface area (TPSA) is 105 Å². The van der Waals surface area contributed by atoms with Crippen molar-refractivity contribution in [3.8, 4) is 0 Å². The lowest BCUT2D eigenvalue weighted by molar-refractivity contribution is -0.221. The van der Waals surface area contributed by atoms with Gasteiger partial charge in [-0.2, -0.15) is 0 Å². The van der Waals surface area contributed by atoms with Gasteiger partial charge in [-0.25, -0.2) is 14.4 Å². The van der Waals surface area contributed by atoms with Gasteiger partial charge < -0.3 is 19.9 Å². The molecule has 0 aromatic heterocycles. The number of carboxylic acid groups (broad SMARTS) is 1. The summed E-state index contributed by atoms with van der Waals surface area (Å²) in [6.45, 7) is 6.69. The monoisotopic (exact) mass is 314 g/mol. The zero-order valence-corrected chi connectivity index (χ0v) is 13.0. The molecule has 22 heavy (non-hydrogen) atoms. The van der Waals surface area contributed by atoms with E-state index in [-0.39, 0.29) is 0 Å². The molecule has 2 rings (SSSR count). The van der Waals surface area contributed by atoms with Gasteiger partial charge in [0.25, 0.3) is 0 Å². The number of ether oxygens (including phenoxy) is 2. The van der Waals surface area contributed by atoms with Gasteiger partial charge in [-0.3, -0.25) is 4.90 Å². The first-order valence-electron chi connectivity index (χ1n) is 7.29. The minimum atomic E-state index is -1.16. The number of carbonyl (C=O) groups is 3. The van der Waals surface area contributed by atoms with Crippen molar-refractivity contribution in [1.29, 1.82) is 0 Å². The molecule has 2 aliphatic heterocycles. The van der Waals surface area contributed by atoms with Crippen LogP contribution in [0.15, 0.2) is 0 Å². The van der Waals surface area contributed by atoms with Gasteiger partial charge in [0.1, 0.15) is 5.60 Å². The first kappa shape index (κ1) is 16.5. The van der Waals surface area contributed by atoms with Gasteiger partial charge in [0, 0.05) is 12.0 Å². The normalized spacial score (nSPS) is 23.6. The van der Waals surface area contributed by atoms with E-state index in [0.29, 0.717) is 19.4 Å². The molecule has 1 spiro atoms. The van der Waals surface area contributed by atoms with E-state index in [1.54, 1.807) is 20.8 Å². The number of amides is 1. The Hall–Kier alpha value is -1.83. The number of hydrogen-bond acceptors (Lipinski definition) is 6. The fourth-order valence-electron chi connectivity index (χ4n) is 2.87. The van der Waals surface area contributed by atoms with Crippen molar-refractivity contribution in [2.24, 2.45) is 5.41 Å². The number of likely N-dealkylation sites (tertiary alicyclic amines) is 1. The molecule has 0 aromatic carbocycles. The highest BCUT2D eigenvalue weighted by Crippen LogP contribution is 2.45. The number of nitrogens with zero attached hydrogens (tertiary/aromatic N) is 1. The van der Waals surface area contributed by atoms with Crippen molar-refractivity contribution in [2.45, 2.75) is 45.4 Å². The molecule has 1 unspecified atom stereocenters. The van der Waals surface area contributed by atoms with Crippen LogP contribution in [-0.4, -0.2) is 59.5 Å². The summed E-state index contributed by atoms with van der Waals surface area (Å²) in [6, 6.07) is 0. The molecule has 124 valence electrons. The van der Waals surface area contributed by atoms with Crippen molar-refractivity contribution in [3.63, 3.8) is 0 Å². The smallest absolute Gasteiger partial charge is 0.419 e. The third kappa shape index (κ3) is 3.32. The van der Waals surface area contributed by atoms with Gasteiger partial charge in [0.2, 0.25) is 0 Å². The van der Waals surface area contributed by atoms with Crippen LogP contribution in [-0.2, 0) is 19.1 Å².